The zero-order chi connectivity index (χ0) is 22.8. The third kappa shape index (κ3) is 4.74. The lowest BCUT2D eigenvalue weighted by atomic mass is 9.87. The maximum absolute atomic E-state index is 13.6. The first kappa shape index (κ1) is 21.9. The summed E-state index contributed by atoms with van der Waals surface area (Å²) in [4.78, 5) is 23.0. The number of rotatable bonds is 5. The summed E-state index contributed by atoms with van der Waals surface area (Å²) >= 11 is 0. The average molecular weight is 448 g/mol. The van der Waals surface area contributed by atoms with Crippen LogP contribution < -0.4 is 11.0 Å². The van der Waals surface area contributed by atoms with Crippen LogP contribution in [-0.2, 0) is 4.74 Å². The van der Waals surface area contributed by atoms with Crippen LogP contribution in [0.4, 0.5) is 5.95 Å². The molecule has 2 aliphatic rings. The topological polar surface area (TPSA) is 74.0 Å². The summed E-state index contributed by atoms with van der Waals surface area (Å²) in [6.45, 7) is 5.73. The summed E-state index contributed by atoms with van der Waals surface area (Å²) in [6, 6.07) is 10.5. The molecule has 1 aliphatic heterocycles. The molecule has 5 rings (SSSR count). The highest BCUT2D eigenvalue weighted by Gasteiger charge is 2.24. The quantitative estimate of drug-likeness (QED) is 0.611. The Morgan fingerprint density at radius 1 is 1.06 bits per heavy atom. The predicted molar refractivity (Wildman–Crippen MR) is 130 cm³/mol. The van der Waals surface area contributed by atoms with E-state index in [1.54, 1.807) is 10.8 Å². The summed E-state index contributed by atoms with van der Waals surface area (Å²) in [6.07, 6.45) is 10.2. The molecule has 7 nitrogen and oxygen atoms in total. The molecule has 1 aromatic carbocycles. The van der Waals surface area contributed by atoms with Gasteiger partial charge in [0.2, 0.25) is 5.95 Å². The largest absolute Gasteiger partial charge is 0.381 e. The Hall–Kier alpha value is -2.93. The van der Waals surface area contributed by atoms with E-state index in [4.69, 9.17) is 9.72 Å². The van der Waals surface area contributed by atoms with Gasteiger partial charge in [0, 0.05) is 37.7 Å². The molecule has 174 valence electrons. The molecule has 7 heteroatoms. The first-order valence-corrected chi connectivity index (χ1v) is 12.2. The molecule has 1 saturated carbocycles. The van der Waals surface area contributed by atoms with Gasteiger partial charge in [0.1, 0.15) is 0 Å². The van der Waals surface area contributed by atoms with E-state index in [2.05, 4.69) is 17.2 Å². The molecule has 3 heterocycles. The van der Waals surface area contributed by atoms with E-state index < -0.39 is 0 Å². The van der Waals surface area contributed by atoms with E-state index in [-0.39, 0.29) is 11.7 Å². The third-order valence-corrected chi connectivity index (χ3v) is 7.03. The minimum Gasteiger partial charge on any atom is -0.381 e. The number of nitrogens with zero attached hydrogens (tertiary/aromatic N) is 4. The van der Waals surface area contributed by atoms with Crippen molar-refractivity contribution in [2.45, 2.75) is 64.5 Å². The van der Waals surface area contributed by atoms with Crippen molar-refractivity contribution in [2.24, 2.45) is 5.92 Å². The molecule has 0 spiro atoms. The maximum atomic E-state index is 13.6. The Kier molecular flexibility index (Phi) is 6.31. The Balaban J connectivity index is 1.53. The molecule has 0 bridgehead atoms. The zero-order valence-corrected chi connectivity index (χ0v) is 19.5. The Morgan fingerprint density at radius 2 is 1.85 bits per heavy atom. The number of hydrogen-bond donors (Lipinski definition) is 1. The fourth-order valence-electron chi connectivity index (χ4n) is 5.04. The molecule has 0 radical (unpaired) electrons. The van der Waals surface area contributed by atoms with Gasteiger partial charge in [0.25, 0.3) is 0 Å². The van der Waals surface area contributed by atoms with Crippen molar-refractivity contribution in [3.63, 3.8) is 0 Å². The van der Waals surface area contributed by atoms with Crippen molar-refractivity contribution >= 4 is 5.95 Å². The van der Waals surface area contributed by atoms with E-state index in [0.29, 0.717) is 25.2 Å². The van der Waals surface area contributed by atoms with Gasteiger partial charge in [-0.2, -0.15) is 0 Å². The van der Waals surface area contributed by atoms with E-state index >= 15 is 0 Å². The average Bonchev–Trinajstić information content (AvgIpc) is 3.18. The maximum Gasteiger partial charge on any atom is 0.333 e. The fourth-order valence-corrected chi connectivity index (χ4v) is 5.04. The van der Waals surface area contributed by atoms with Gasteiger partial charge in [-0.05, 0) is 75.1 Å². The van der Waals surface area contributed by atoms with Gasteiger partial charge >= 0.3 is 5.69 Å². The van der Waals surface area contributed by atoms with E-state index in [1.807, 2.05) is 48.0 Å². The van der Waals surface area contributed by atoms with Crippen LogP contribution in [0.1, 0.15) is 57.1 Å². The van der Waals surface area contributed by atoms with Crippen LogP contribution in [0.15, 0.2) is 47.5 Å². The minimum absolute atomic E-state index is 0.0307. The van der Waals surface area contributed by atoms with Crippen LogP contribution in [0.25, 0.3) is 17.1 Å². The van der Waals surface area contributed by atoms with Crippen molar-refractivity contribution in [3.05, 3.63) is 58.8 Å². The molecule has 1 N–H and O–H groups in total. The van der Waals surface area contributed by atoms with Crippen molar-refractivity contribution < 1.29 is 4.74 Å². The number of benzene rings is 1. The molecule has 33 heavy (non-hydrogen) atoms. The van der Waals surface area contributed by atoms with Crippen LogP contribution in [0.5, 0.6) is 0 Å². The van der Waals surface area contributed by atoms with Gasteiger partial charge in [0.15, 0.2) is 0 Å². The summed E-state index contributed by atoms with van der Waals surface area (Å²) in [7, 11) is 0. The number of aromatic nitrogens is 4. The number of nitrogens with one attached hydrogen (secondary N) is 1. The van der Waals surface area contributed by atoms with E-state index in [0.717, 1.165) is 54.2 Å². The minimum atomic E-state index is -0.0307. The summed E-state index contributed by atoms with van der Waals surface area (Å²) in [5.41, 5.74) is 3.48. The highest BCUT2D eigenvalue weighted by molar-refractivity contribution is 5.59. The summed E-state index contributed by atoms with van der Waals surface area (Å²) in [5.74, 6) is 1.43. The number of hydrogen-bond acceptors (Lipinski definition) is 5. The van der Waals surface area contributed by atoms with Gasteiger partial charge in [-0.1, -0.05) is 19.1 Å². The second kappa shape index (κ2) is 9.51. The van der Waals surface area contributed by atoms with Crippen LogP contribution >= 0.6 is 0 Å². The van der Waals surface area contributed by atoms with Gasteiger partial charge < -0.3 is 10.1 Å². The Bertz CT molecular complexity index is 1150. The highest BCUT2D eigenvalue weighted by Crippen LogP contribution is 2.28. The van der Waals surface area contributed by atoms with Gasteiger partial charge in [-0.15, -0.1) is 0 Å². The number of imidazole rings is 1. The Morgan fingerprint density at radius 3 is 2.61 bits per heavy atom. The SMILES string of the molecule is Cc1cccc(-n2c(-c3ccnc(NC4CCC(C)CC4)n3)cn(C3CCOCC3)c2=O)c1. The molecular weight excluding hydrogens is 414 g/mol. The van der Waals surface area contributed by atoms with E-state index in [9.17, 15) is 4.79 Å². The smallest absolute Gasteiger partial charge is 0.333 e. The lowest BCUT2D eigenvalue weighted by Crippen LogP contribution is -2.30. The standard InChI is InChI=1S/C26H33N5O2/c1-18-6-8-20(9-7-18)28-25-27-13-10-23(29-25)24-17-30(21-11-14-33-15-12-21)26(32)31(24)22-5-3-4-19(2)16-22/h3-5,10,13,16-18,20-21H,6-9,11-12,14-15H2,1-2H3,(H,27,28,29). The van der Waals surface area contributed by atoms with Crippen molar-refractivity contribution in [2.75, 3.05) is 18.5 Å². The monoisotopic (exact) mass is 447 g/mol. The van der Waals surface area contributed by atoms with Crippen molar-refractivity contribution in [3.8, 4) is 17.1 Å². The normalized spacial score (nSPS) is 21.8. The van der Waals surface area contributed by atoms with Crippen LogP contribution in [0.3, 0.4) is 0 Å². The van der Waals surface area contributed by atoms with Gasteiger partial charge in [-0.3, -0.25) is 9.13 Å². The van der Waals surface area contributed by atoms with Gasteiger partial charge in [0.05, 0.1) is 17.1 Å². The lowest BCUT2D eigenvalue weighted by molar-refractivity contribution is 0.0686. The van der Waals surface area contributed by atoms with Crippen LogP contribution in [-0.4, -0.2) is 38.4 Å². The molecule has 2 fully saturated rings. The molecule has 1 saturated heterocycles. The molecule has 0 amide bonds. The predicted octanol–water partition coefficient (Wildman–Crippen LogP) is 4.75. The second-order valence-corrected chi connectivity index (χ2v) is 9.59. The molecule has 3 aromatic rings. The first-order valence-electron chi connectivity index (χ1n) is 12.2. The highest BCUT2D eigenvalue weighted by atomic mass is 16.5. The fraction of sp³-hybridized carbons (Fsp3) is 0.500. The van der Waals surface area contributed by atoms with Gasteiger partial charge in [-0.25, -0.2) is 14.8 Å². The van der Waals surface area contributed by atoms with Crippen LogP contribution in [0, 0.1) is 12.8 Å². The third-order valence-electron chi connectivity index (χ3n) is 7.03. The molecule has 0 unspecified atom stereocenters. The summed E-state index contributed by atoms with van der Waals surface area (Å²) in [5, 5.41) is 3.53. The Labute approximate surface area is 194 Å². The van der Waals surface area contributed by atoms with Crippen molar-refractivity contribution in [1.29, 1.82) is 0 Å². The van der Waals surface area contributed by atoms with Crippen molar-refractivity contribution in [1.82, 2.24) is 19.1 Å². The molecule has 0 atom stereocenters. The molecular formula is C26H33N5O2. The lowest BCUT2D eigenvalue weighted by Gasteiger charge is -2.26. The molecule has 2 aromatic heterocycles. The summed E-state index contributed by atoms with van der Waals surface area (Å²) < 4.78 is 9.19. The molecule has 1 aliphatic carbocycles. The number of anilines is 1. The zero-order valence-electron chi connectivity index (χ0n) is 19.5. The number of ether oxygens (including phenoxy) is 1. The first-order chi connectivity index (χ1) is 16.1. The second-order valence-electron chi connectivity index (χ2n) is 9.59. The van der Waals surface area contributed by atoms with E-state index in [1.165, 1.54) is 12.8 Å². The van der Waals surface area contributed by atoms with Crippen LogP contribution in [0.2, 0.25) is 0 Å². The number of aryl methyl sites for hydroxylation is 1.